The standard InChI is InChI=1S/C10H16N4O/c1-6-9(7(2)14-13-6)5-11-10(15)12-8-3-4-8/h8H,3-5H2,1-2H3,(H,13,14)(H2,11,12,15). The maximum absolute atomic E-state index is 11.4. The Balaban J connectivity index is 1.83. The zero-order valence-electron chi connectivity index (χ0n) is 9.05. The molecule has 0 bridgehead atoms. The van der Waals surface area contributed by atoms with Crippen LogP contribution in [0.3, 0.4) is 0 Å². The van der Waals surface area contributed by atoms with Crippen molar-refractivity contribution in [3.05, 3.63) is 17.0 Å². The number of aryl methyl sites for hydroxylation is 2. The van der Waals surface area contributed by atoms with Gasteiger partial charge in [0, 0.05) is 23.8 Å². The summed E-state index contributed by atoms with van der Waals surface area (Å²) in [7, 11) is 0. The number of hydrogen-bond donors (Lipinski definition) is 3. The monoisotopic (exact) mass is 208 g/mol. The van der Waals surface area contributed by atoms with Gasteiger partial charge in [0.15, 0.2) is 0 Å². The molecule has 5 heteroatoms. The smallest absolute Gasteiger partial charge is 0.315 e. The molecule has 1 aromatic rings. The Morgan fingerprint density at radius 3 is 2.80 bits per heavy atom. The Morgan fingerprint density at radius 1 is 1.53 bits per heavy atom. The molecule has 15 heavy (non-hydrogen) atoms. The molecule has 82 valence electrons. The molecule has 0 saturated heterocycles. The second-order valence-corrected chi connectivity index (χ2v) is 4.01. The van der Waals surface area contributed by atoms with Crippen LogP contribution < -0.4 is 10.6 Å². The van der Waals surface area contributed by atoms with E-state index >= 15 is 0 Å². The molecule has 0 unspecified atom stereocenters. The van der Waals surface area contributed by atoms with Gasteiger partial charge in [-0.25, -0.2) is 4.79 Å². The molecular weight excluding hydrogens is 192 g/mol. The van der Waals surface area contributed by atoms with Crippen molar-refractivity contribution in [2.45, 2.75) is 39.3 Å². The van der Waals surface area contributed by atoms with Gasteiger partial charge in [0.25, 0.3) is 0 Å². The van der Waals surface area contributed by atoms with Gasteiger partial charge in [0.1, 0.15) is 0 Å². The van der Waals surface area contributed by atoms with Gasteiger partial charge in [-0.2, -0.15) is 5.10 Å². The maximum atomic E-state index is 11.4. The summed E-state index contributed by atoms with van der Waals surface area (Å²) < 4.78 is 0. The molecule has 1 fully saturated rings. The number of amides is 2. The van der Waals surface area contributed by atoms with E-state index in [-0.39, 0.29) is 6.03 Å². The van der Waals surface area contributed by atoms with E-state index in [9.17, 15) is 4.79 Å². The minimum Gasteiger partial charge on any atom is -0.335 e. The molecule has 1 saturated carbocycles. The van der Waals surface area contributed by atoms with Gasteiger partial charge >= 0.3 is 6.03 Å². The molecule has 1 aliphatic rings. The fourth-order valence-corrected chi connectivity index (χ4v) is 1.47. The average molecular weight is 208 g/mol. The minimum absolute atomic E-state index is 0.0856. The van der Waals surface area contributed by atoms with E-state index in [4.69, 9.17) is 0 Å². The Hall–Kier alpha value is -1.52. The van der Waals surface area contributed by atoms with Gasteiger partial charge in [0.05, 0.1) is 5.69 Å². The predicted octanol–water partition coefficient (Wildman–Crippen LogP) is 0.988. The van der Waals surface area contributed by atoms with Crippen molar-refractivity contribution < 1.29 is 4.79 Å². The van der Waals surface area contributed by atoms with Crippen LogP contribution in [0, 0.1) is 13.8 Å². The van der Waals surface area contributed by atoms with Gasteiger partial charge in [-0.05, 0) is 26.7 Å². The van der Waals surface area contributed by atoms with Crippen molar-refractivity contribution in [2.24, 2.45) is 0 Å². The number of H-pyrrole nitrogens is 1. The topological polar surface area (TPSA) is 69.8 Å². The van der Waals surface area contributed by atoms with Crippen LogP contribution in [0.15, 0.2) is 0 Å². The van der Waals surface area contributed by atoms with Crippen LogP contribution in [0.5, 0.6) is 0 Å². The molecule has 0 spiro atoms. The molecular formula is C10H16N4O. The van der Waals surface area contributed by atoms with E-state index < -0.39 is 0 Å². The molecule has 0 atom stereocenters. The number of nitrogens with one attached hydrogen (secondary N) is 3. The van der Waals surface area contributed by atoms with Gasteiger partial charge in [-0.1, -0.05) is 0 Å². The van der Waals surface area contributed by atoms with Crippen molar-refractivity contribution in [1.82, 2.24) is 20.8 Å². The molecule has 1 aliphatic carbocycles. The number of carbonyl (C=O) groups is 1. The van der Waals surface area contributed by atoms with Crippen LogP contribution in [0.2, 0.25) is 0 Å². The highest BCUT2D eigenvalue weighted by atomic mass is 16.2. The third-order valence-electron chi connectivity index (χ3n) is 2.62. The number of hydrogen-bond acceptors (Lipinski definition) is 2. The lowest BCUT2D eigenvalue weighted by molar-refractivity contribution is 0.240. The second-order valence-electron chi connectivity index (χ2n) is 4.01. The molecule has 3 N–H and O–H groups in total. The predicted molar refractivity (Wildman–Crippen MR) is 56.5 cm³/mol. The van der Waals surface area contributed by atoms with Crippen molar-refractivity contribution in [2.75, 3.05) is 0 Å². The van der Waals surface area contributed by atoms with Gasteiger partial charge in [-0.15, -0.1) is 0 Å². The lowest BCUT2D eigenvalue weighted by atomic mass is 10.2. The maximum Gasteiger partial charge on any atom is 0.315 e. The third kappa shape index (κ3) is 2.49. The minimum atomic E-state index is -0.0856. The highest BCUT2D eigenvalue weighted by Crippen LogP contribution is 2.18. The first-order valence-corrected chi connectivity index (χ1v) is 5.21. The first kappa shape index (κ1) is 10.0. The SMILES string of the molecule is Cc1n[nH]c(C)c1CNC(=O)NC1CC1. The largest absolute Gasteiger partial charge is 0.335 e. The zero-order chi connectivity index (χ0) is 10.8. The Labute approximate surface area is 88.6 Å². The van der Waals surface area contributed by atoms with E-state index in [1.54, 1.807) is 0 Å². The summed E-state index contributed by atoms with van der Waals surface area (Å²) in [5.74, 6) is 0. The van der Waals surface area contributed by atoms with Crippen LogP contribution in [-0.2, 0) is 6.54 Å². The summed E-state index contributed by atoms with van der Waals surface area (Å²) in [5.41, 5.74) is 3.03. The summed E-state index contributed by atoms with van der Waals surface area (Å²) in [5, 5.41) is 12.7. The summed E-state index contributed by atoms with van der Waals surface area (Å²) in [6.07, 6.45) is 2.22. The van der Waals surface area contributed by atoms with Gasteiger partial charge < -0.3 is 10.6 Å². The highest BCUT2D eigenvalue weighted by Gasteiger charge is 2.23. The number of nitrogens with zero attached hydrogens (tertiary/aromatic N) is 1. The fourth-order valence-electron chi connectivity index (χ4n) is 1.47. The summed E-state index contributed by atoms with van der Waals surface area (Å²) >= 11 is 0. The lowest BCUT2D eigenvalue weighted by Gasteiger charge is -2.06. The molecule has 0 radical (unpaired) electrons. The quantitative estimate of drug-likeness (QED) is 0.693. The first-order chi connectivity index (χ1) is 7.16. The molecule has 2 rings (SSSR count). The van der Waals surface area contributed by atoms with Crippen LogP contribution in [0.4, 0.5) is 4.79 Å². The Morgan fingerprint density at radius 2 is 2.27 bits per heavy atom. The Kier molecular flexibility index (Phi) is 2.62. The van der Waals surface area contributed by atoms with Crippen molar-refractivity contribution >= 4 is 6.03 Å². The zero-order valence-corrected chi connectivity index (χ0v) is 9.05. The third-order valence-corrected chi connectivity index (χ3v) is 2.62. The molecule has 0 aromatic carbocycles. The van der Waals surface area contributed by atoms with E-state index in [1.807, 2.05) is 13.8 Å². The van der Waals surface area contributed by atoms with Crippen molar-refractivity contribution in [3.8, 4) is 0 Å². The van der Waals surface area contributed by atoms with E-state index in [2.05, 4.69) is 20.8 Å². The normalized spacial score (nSPS) is 15.1. The summed E-state index contributed by atoms with van der Waals surface area (Å²) in [6.45, 7) is 4.42. The average Bonchev–Trinajstić information content (AvgIpc) is 2.93. The highest BCUT2D eigenvalue weighted by molar-refractivity contribution is 5.74. The van der Waals surface area contributed by atoms with E-state index in [0.29, 0.717) is 12.6 Å². The number of rotatable bonds is 3. The van der Waals surface area contributed by atoms with Crippen LogP contribution >= 0.6 is 0 Å². The first-order valence-electron chi connectivity index (χ1n) is 5.21. The van der Waals surface area contributed by atoms with E-state index in [1.165, 1.54) is 0 Å². The second kappa shape index (κ2) is 3.92. The van der Waals surface area contributed by atoms with Crippen molar-refractivity contribution in [1.29, 1.82) is 0 Å². The summed E-state index contributed by atoms with van der Waals surface area (Å²) in [4.78, 5) is 11.4. The van der Waals surface area contributed by atoms with Crippen LogP contribution in [0.25, 0.3) is 0 Å². The lowest BCUT2D eigenvalue weighted by Crippen LogP contribution is -2.36. The molecule has 0 aliphatic heterocycles. The molecule has 1 heterocycles. The fraction of sp³-hybridized carbons (Fsp3) is 0.600. The van der Waals surface area contributed by atoms with Crippen molar-refractivity contribution in [3.63, 3.8) is 0 Å². The van der Waals surface area contributed by atoms with Crippen LogP contribution in [0.1, 0.15) is 29.8 Å². The van der Waals surface area contributed by atoms with E-state index in [0.717, 1.165) is 29.8 Å². The van der Waals surface area contributed by atoms with Gasteiger partial charge in [0.2, 0.25) is 0 Å². The number of aromatic nitrogens is 2. The van der Waals surface area contributed by atoms with Crippen LogP contribution in [-0.4, -0.2) is 22.3 Å². The molecule has 2 amide bonds. The summed E-state index contributed by atoms with van der Waals surface area (Å²) in [6, 6.07) is 0.314. The number of carbonyl (C=O) groups excluding carboxylic acids is 1. The molecule has 1 aromatic heterocycles. The number of aromatic amines is 1. The Bertz CT molecular complexity index is 348. The number of urea groups is 1. The van der Waals surface area contributed by atoms with Gasteiger partial charge in [-0.3, -0.25) is 5.10 Å². The molecule has 5 nitrogen and oxygen atoms in total.